The zero-order chi connectivity index (χ0) is 17.5. The predicted molar refractivity (Wildman–Crippen MR) is 96.8 cm³/mol. The molecule has 126 valence electrons. The molecule has 0 aliphatic heterocycles. The fraction of sp³-hybridized carbons (Fsp3) is 0.300. The van der Waals surface area contributed by atoms with Crippen LogP contribution in [0.4, 0.5) is 5.69 Å². The molecule has 2 N–H and O–H groups in total. The Bertz CT molecular complexity index is 696. The Balaban J connectivity index is 2.11. The molecular weight excluding hydrogens is 300 g/mol. The van der Waals surface area contributed by atoms with Crippen molar-refractivity contribution in [3.63, 3.8) is 0 Å². The normalized spacial score (nSPS) is 11.8. The smallest absolute Gasteiger partial charge is 0.253 e. The van der Waals surface area contributed by atoms with Crippen LogP contribution in [0, 0.1) is 5.92 Å². The van der Waals surface area contributed by atoms with E-state index in [-0.39, 0.29) is 23.8 Å². The van der Waals surface area contributed by atoms with Crippen LogP contribution in [0.25, 0.3) is 0 Å². The molecule has 0 saturated carbocycles. The third kappa shape index (κ3) is 4.95. The van der Waals surface area contributed by atoms with E-state index in [0.717, 1.165) is 5.56 Å². The van der Waals surface area contributed by atoms with Crippen molar-refractivity contribution >= 4 is 17.5 Å². The van der Waals surface area contributed by atoms with Gasteiger partial charge in [-0.2, -0.15) is 0 Å². The molecule has 2 aromatic carbocycles. The van der Waals surface area contributed by atoms with Crippen LogP contribution < -0.4 is 10.6 Å². The molecule has 0 saturated heterocycles. The SMILES string of the molecule is CC(C)CC(=O)Nc1ccccc1C(=O)N[C@@H](C)c1ccccc1. The third-order valence-corrected chi connectivity index (χ3v) is 3.69. The van der Waals surface area contributed by atoms with Crippen molar-refractivity contribution in [3.05, 3.63) is 65.7 Å². The van der Waals surface area contributed by atoms with E-state index in [1.54, 1.807) is 18.2 Å². The lowest BCUT2D eigenvalue weighted by Gasteiger charge is -2.16. The van der Waals surface area contributed by atoms with Gasteiger partial charge in [-0.25, -0.2) is 0 Å². The second-order valence-electron chi connectivity index (χ2n) is 6.30. The first-order valence-electron chi connectivity index (χ1n) is 8.22. The van der Waals surface area contributed by atoms with E-state index in [0.29, 0.717) is 17.7 Å². The number of nitrogens with one attached hydrogen (secondary N) is 2. The van der Waals surface area contributed by atoms with E-state index >= 15 is 0 Å². The van der Waals surface area contributed by atoms with Crippen LogP contribution in [-0.4, -0.2) is 11.8 Å². The van der Waals surface area contributed by atoms with Crippen LogP contribution in [0.2, 0.25) is 0 Å². The number of carbonyl (C=O) groups excluding carboxylic acids is 2. The Morgan fingerprint density at radius 2 is 1.54 bits per heavy atom. The monoisotopic (exact) mass is 324 g/mol. The largest absolute Gasteiger partial charge is 0.345 e. The van der Waals surface area contributed by atoms with Crippen molar-refractivity contribution in [2.75, 3.05) is 5.32 Å². The van der Waals surface area contributed by atoms with Gasteiger partial charge < -0.3 is 10.6 Å². The van der Waals surface area contributed by atoms with Crippen molar-refractivity contribution in [1.82, 2.24) is 5.32 Å². The summed E-state index contributed by atoms with van der Waals surface area (Å²) in [4.78, 5) is 24.6. The van der Waals surface area contributed by atoms with Crippen LogP contribution in [0.15, 0.2) is 54.6 Å². The van der Waals surface area contributed by atoms with E-state index in [4.69, 9.17) is 0 Å². The summed E-state index contributed by atoms with van der Waals surface area (Å²) in [5.74, 6) is -0.0164. The quantitative estimate of drug-likeness (QED) is 0.838. The fourth-order valence-corrected chi connectivity index (χ4v) is 2.46. The Hall–Kier alpha value is -2.62. The maximum atomic E-state index is 12.6. The van der Waals surface area contributed by atoms with Crippen molar-refractivity contribution in [1.29, 1.82) is 0 Å². The first kappa shape index (κ1) is 17.7. The lowest BCUT2D eigenvalue weighted by atomic mass is 10.1. The number of rotatable bonds is 6. The first-order valence-corrected chi connectivity index (χ1v) is 8.22. The summed E-state index contributed by atoms with van der Waals surface area (Å²) in [6, 6.07) is 16.7. The van der Waals surface area contributed by atoms with Gasteiger partial charge in [0.25, 0.3) is 5.91 Å². The summed E-state index contributed by atoms with van der Waals surface area (Å²) < 4.78 is 0. The van der Waals surface area contributed by atoms with E-state index < -0.39 is 0 Å². The van der Waals surface area contributed by atoms with Gasteiger partial charge >= 0.3 is 0 Å². The molecule has 2 aromatic rings. The average Bonchev–Trinajstić information content (AvgIpc) is 2.55. The number of para-hydroxylation sites is 1. The summed E-state index contributed by atoms with van der Waals surface area (Å²) in [6.07, 6.45) is 0.427. The van der Waals surface area contributed by atoms with Gasteiger partial charge in [0.1, 0.15) is 0 Å². The number of anilines is 1. The average molecular weight is 324 g/mol. The van der Waals surface area contributed by atoms with Gasteiger partial charge in [0.2, 0.25) is 5.91 Å². The molecule has 4 heteroatoms. The number of hydrogen-bond donors (Lipinski definition) is 2. The Labute approximate surface area is 143 Å². The highest BCUT2D eigenvalue weighted by molar-refractivity contribution is 6.03. The second-order valence-corrected chi connectivity index (χ2v) is 6.30. The summed E-state index contributed by atoms with van der Waals surface area (Å²) in [5, 5.41) is 5.81. The summed E-state index contributed by atoms with van der Waals surface area (Å²) in [7, 11) is 0. The standard InChI is InChI=1S/C20H24N2O2/c1-14(2)13-19(23)22-18-12-8-7-11-17(18)20(24)21-15(3)16-9-5-4-6-10-16/h4-12,14-15H,13H2,1-3H3,(H,21,24)(H,22,23)/t15-/m0/s1. The van der Waals surface area contributed by atoms with Gasteiger partial charge in [0.05, 0.1) is 17.3 Å². The van der Waals surface area contributed by atoms with Gasteiger partial charge in [0, 0.05) is 6.42 Å². The zero-order valence-electron chi connectivity index (χ0n) is 14.4. The van der Waals surface area contributed by atoms with Crippen LogP contribution in [0.1, 0.15) is 49.2 Å². The number of hydrogen-bond acceptors (Lipinski definition) is 2. The van der Waals surface area contributed by atoms with Gasteiger partial charge in [-0.05, 0) is 30.5 Å². The topological polar surface area (TPSA) is 58.2 Å². The molecule has 1 atom stereocenters. The lowest BCUT2D eigenvalue weighted by Crippen LogP contribution is -2.28. The maximum absolute atomic E-state index is 12.6. The van der Waals surface area contributed by atoms with Gasteiger partial charge in [-0.3, -0.25) is 9.59 Å². The van der Waals surface area contributed by atoms with E-state index in [1.807, 2.05) is 57.2 Å². The molecular formula is C20H24N2O2. The van der Waals surface area contributed by atoms with Crippen LogP contribution in [0.5, 0.6) is 0 Å². The molecule has 4 nitrogen and oxygen atoms in total. The molecule has 24 heavy (non-hydrogen) atoms. The molecule has 0 aliphatic carbocycles. The van der Waals surface area contributed by atoms with Gasteiger partial charge in [0.15, 0.2) is 0 Å². The minimum atomic E-state index is -0.202. The molecule has 0 aromatic heterocycles. The van der Waals surface area contributed by atoms with E-state index in [9.17, 15) is 9.59 Å². The zero-order valence-corrected chi connectivity index (χ0v) is 14.4. The predicted octanol–water partition coefficient (Wildman–Crippen LogP) is 4.16. The maximum Gasteiger partial charge on any atom is 0.253 e. The highest BCUT2D eigenvalue weighted by Crippen LogP contribution is 2.18. The minimum absolute atomic E-state index is 0.0821. The molecule has 0 unspecified atom stereocenters. The lowest BCUT2D eigenvalue weighted by molar-refractivity contribution is -0.116. The van der Waals surface area contributed by atoms with Crippen LogP contribution in [0.3, 0.4) is 0 Å². The summed E-state index contributed by atoms with van der Waals surface area (Å²) in [6.45, 7) is 5.91. The number of benzene rings is 2. The number of carbonyl (C=O) groups is 2. The molecule has 0 aliphatic rings. The van der Waals surface area contributed by atoms with Crippen LogP contribution >= 0.6 is 0 Å². The summed E-state index contributed by atoms with van der Waals surface area (Å²) in [5.41, 5.74) is 2.05. The van der Waals surface area contributed by atoms with Crippen molar-refractivity contribution in [2.24, 2.45) is 5.92 Å². The highest BCUT2D eigenvalue weighted by Gasteiger charge is 2.16. The molecule has 0 spiro atoms. The minimum Gasteiger partial charge on any atom is -0.345 e. The van der Waals surface area contributed by atoms with Crippen molar-refractivity contribution in [3.8, 4) is 0 Å². The molecule has 2 rings (SSSR count). The number of amides is 2. The first-order chi connectivity index (χ1) is 11.5. The van der Waals surface area contributed by atoms with Gasteiger partial charge in [-0.1, -0.05) is 56.3 Å². The Morgan fingerprint density at radius 1 is 0.917 bits per heavy atom. The van der Waals surface area contributed by atoms with E-state index in [1.165, 1.54) is 0 Å². The Kier molecular flexibility index (Phi) is 6.13. The summed E-state index contributed by atoms with van der Waals surface area (Å²) >= 11 is 0. The molecule has 0 radical (unpaired) electrons. The van der Waals surface area contributed by atoms with Crippen LogP contribution in [-0.2, 0) is 4.79 Å². The molecule has 0 fully saturated rings. The third-order valence-electron chi connectivity index (χ3n) is 3.69. The fourth-order valence-electron chi connectivity index (χ4n) is 2.46. The van der Waals surface area contributed by atoms with Crippen molar-refractivity contribution < 1.29 is 9.59 Å². The van der Waals surface area contributed by atoms with Gasteiger partial charge in [-0.15, -0.1) is 0 Å². The van der Waals surface area contributed by atoms with E-state index in [2.05, 4.69) is 10.6 Å². The van der Waals surface area contributed by atoms with Crippen molar-refractivity contribution in [2.45, 2.75) is 33.2 Å². The molecule has 0 bridgehead atoms. The molecule has 2 amide bonds. The molecule has 0 heterocycles. The highest BCUT2D eigenvalue weighted by atomic mass is 16.2. The second kappa shape index (κ2) is 8.29. The Morgan fingerprint density at radius 3 is 2.21 bits per heavy atom.